The van der Waals surface area contributed by atoms with Crippen molar-refractivity contribution in [2.45, 2.75) is 16.8 Å². The number of piperazine rings is 1. The lowest BCUT2D eigenvalue weighted by Gasteiger charge is -2.36. The van der Waals surface area contributed by atoms with E-state index in [1.54, 1.807) is 4.90 Å². The van der Waals surface area contributed by atoms with Gasteiger partial charge in [-0.1, -0.05) is 12.1 Å². The topological polar surface area (TPSA) is 40.6 Å². The molecule has 0 amide bonds. The van der Waals surface area contributed by atoms with E-state index in [2.05, 4.69) is 10.8 Å². The van der Waals surface area contributed by atoms with E-state index >= 15 is 0 Å². The molecule has 1 aromatic carbocycles. The van der Waals surface area contributed by atoms with E-state index in [0.717, 1.165) is 12.6 Å². The smallest absolute Gasteiger partial charge is 0.368 e. The molecular formula is C15H17F3N2O2S. The molecular weight excluding hydrogens is 329 g/mol. The van der Waals surface area contributed by atoms with Crippen molar-refractivity contribution in [3.05, 3.63) is 24.3 Å². The van der Waals surface area contributed by atoms with Crippen LogP contribution >= 0.6 is 0 Å². The predicted molar refractivity (Wildman–Crippen MR) is 81.8 cm³/mol. The van der Waals surface area contributed by atoms with Gasteiger partial charge in [-0.25, -0.2) is 8.42 Å². The van der Waals surface area contributed by atoms with Gasteiger partial charge in [0.25, 0.3) is 9.84 Å². The minimum Gasteiger partial charge on any atom is -0.368 e. The summed E-state index contributed by atoms with van der Waals surface area (Å²) in [7, 11) is -5.37. The van der Waals surface area contributed by atoms with Crippen LogP contribution in [0, 0.1) is 12.3 Å². The Hall–Kier alpha value is -1.72. The fourth-order valence-electron chi connectivity index (χ4n) is 2.51. The maximum atomic E-state index is 12.8. The minimum atomic E-state index is -5.37. The molecule has 0 bridgehead atoms. The molecule has 8 heteroatoms. The van der Waals surface area contributed by atoms with E-state index < -0.39 is 20.2 Å². The maximum Gasteiger partial charge on any atom is 0.501 e. The average Bonchev–Trinajstić information content (AvgIpc) is 2.52. The molecule has 0 atom stereocenters. The van der Waals surface area contributed by atoms with Gasteiger partial charge >= 0.3 is 5.51 Å². The average molecular weight is 346 g/mol. The van der Waals surface area contributed by atoms with Crippen molar-refractivity contribution in [3.8, 4) is 12.3 Å². The molecule has 23 heavy (non-hydrogen) atoms. The lowest BCUT2D eigenvalue weighted by Crippen LogP contribution is -2.47. The summed E-state index contributed by atoms with van der Waals surface area (Å²) in [5, 5.41) is 0. The summed E-state index contributed by atoms with van der Waals surface area (Å²) < 4.78 is 62.0. The molecule has 4 nitrogen and oxygen atoms in total. The van der Waals surface area contributed by atoms with E-state index in [9.17, 15) is 21.6 Å². The van der Waals surface area contributed by atoms with Crippen molar-refractivity contribution in [3.63, 3.8) is 0 Å². The van der Waals surface area contributed by atoms with Gasteiger partial charge in [-0.3, -0.25) is 4.90 Å². The van der Waals surface area contributed by atoms with Gasteiger partial charge in [-0.15, -0.1) is 12.3 Å². The van der Waals surface area contributed by atoms with Gasteiger partial charge in [0.1, 0.15) is 0 Å². The molecule has 0 aromatic heterocycles. The molecule has 0 saturated carbocycles. The van der Waals surface area contributed by atoms with Crippen LogP contribution in [0.1, 0.15) is 6.42 Å². The molecule has 1 fully saturated rings. The van der Waals surface area contributed by atoms with Gasteiger partial charge in [-0.05, 0) is 12.1 Å². The first kappa shape index (κ1) is 17.6. The van der Waals surface area contributed by atoms with E-state index in [-0.39, 0.29) is 5.69 Å². The summed E-state index contributed by atoms with van der Waals surface area (Å²) in [6.45, 7) is 2.89. The Kier molecular flexibility index (Phi) is 5.22. The van der Waals surface area contributed by atoms with Gasteiger partial charge < -0.3 is 4.90 Å². The van der Waals surface area contributed by atoms with Crippen LogP contribution in [0.4, 0.5) is 18.9 Å². The van der Waals surface area contributed by atoms with Crippen LogP contribution < -0.4 is 4.90 Å². The molecule has 126 valence electrons. The largest absolute Gasteiger partial charge is 0.501 e. The normalized spacial score (nSPS) is 17.0. The fraction of sp³-hybridized carbons (Fsp3) is 0.467. The van der Waals surface area contributed by atoms with Gasteiger partial charge in [-0.2, -0.15) is 13.2 Å². The second-order valence-corrected chi connectivity index (χ2v) is 7.11. The molecule has 1 aliphatic heterocycles. The zero-order valence-corrected chi connectivity index (χ0v) is 13.2. The number of hydrogen-bond donors (Lipinski definition) is 0. The molecule has 1 aliphatic rings. The standard InChI is InChI=1S/C15H17F3N2O2S/c1-2-3-8-19-9-11-20(12-10-19)13-6-4-5-7-14(13)23(21,22)15(16,17)18/h1,4-7H,3,8-12H2. The van der Waals surface area contributed by atoms with Gasteiger partial charge in [0, 0.05) is 39.1 Å². The number of anilines is 1. The van der Waals surface area contributed by atoms with Gasteiger partial charge in [0.05, 0.1) is 10.6 Å². The summed E-state index contributed by atoms with van der Waals surface area (Å²) in [4.78, 5) is 3.09. The number of nitrogens with zero attached hydrogens (tertiary/aromatic N) is 2. The highest BCUT2D eigenvalue weighted by molar-refractivity contribution is 7.92. The molecule has 2 rings (SSSR count). The predicted octanol–water partition coefficient (Wildman–Crippen LogP) is 2.13. The van der Waals surface area contributed by atoms with Crippen molar-refractivity contribution in [2.24, 2.45) is 0 Å². The van der Waals surface area contributed by atoms with Crippen LogP contribution in [0.5, 0.6) is 0 Å². The Morgan fingerprint density at radius 1 is 1.13 bits per heavy atom. The zero-order valence-electron chi connectivity index (χ0n) is 12.4. The molecule has 0 unspecified atom stereocenters. The van der Waals surface area contributed by atoms with E-state index in [1.165, 1.54) is 18.2 Å². The second kappa shape index (κ2) is 6.81. The van der Waals surface area contributed by atoms with E-state index in [1.807, 2.05) is 0 Å². The van der Waals surface area contributed by atoms with Crippen LogP contribution in [0.2, 0.25) is 0 Å². The molecule has 0 spiro atoms. The number of para-hydroxylation sites is 1. The van der Waals surface area contributed by atoms with Crippen molar-refractivity contribution < 1.29 is 21.6 Å². The van der Waals surface area contributed by atoms with Crippen LogP contribution in [0.25, 0.3) is 0 Å². The summed E-state index contributed by atoms with van der Waals surface area (Å²) in [5.41, 5.74) is -5.21. The molecule has 0 N–H and O–H groups in total. The van der Waals surface area contributed by atoms with Crippen molar-refractivity contribution >= 4 is 15.5 Å². The number of halogens is 3. The monoisotopic (exact) mass is 346 g/mol. The van der Waals surface area contributed by atoms with Crippen LogP contribution in [-0.2, 0) is 9.84 Å². The third-order valence-electron chi connectivity index (χ3n) is 3.74. The number of hydrogen-bond acceptors (Lipinski definition) is 4. The first-order valence-corrected chi connectivity index (χ1v) is 8.57. The van der Waals surface area contributed by atoms with E-state index in [0.29, 0.717) is 32.6 Å². The van der Waals surface area contributed by atoms with E-state index in [4.69, 9.17) is 6.42 Å². The van der Waals surface area contributed by atoms with Crippen molar-refractivity contribution in [1.29, 1.82) is 0 Å². The second-order valence-electron chi connectivity index (χ2n) is 5.20. The maximum absolute atomic E-state index is 12.8. The third kappa shape index (κ3) is 3.79. The first-order chi connectivity index (χ1) is 10.8. The first-order valence-electron chi connectivity index (χ1n) is 7.08. The Balaban J connectivity index is 2.22. The zero-order chi connectivity index (χ0) is 17.1. The number of sulfone groups is 1. The summed E-state index contributed by atoms with van der Waals surface area (Å²) in [5.74, 6) is 2.54. The lowest BCUT2D eigenvalue weighted by atomic mass is 10.2. The molecule has 0 aliphatic carbocycles. The summed E-state index contributed by atoms with van der Waals surface area (Å²) in [6, 6.07) is 5.25. The van der Waals surface area contributed by atoms with Crippen LogP contribution in [0.3, 0.4) is 0 Å². The highest BCUT2D eigenvalue weighted by Gasteiger charge is 2.48. The third-order valence-corrected chi connectivity index (χ3v) is 5.28. The fourth-order valence-corrected chi connectivity index (χ4v) is 3.48. The van der Waals surface area contributed by atoms with Crippen molar-refractivity contribution in [1.82, 2.24) is 4.90 Å². The van der Waals surface area contributed by atoms with Gasteiger partial charge in [0.15, 0.2) is 0 Å². The lowest BCUT2D eigenvalue weighted by molar-refractivity contribution is -0.0435. The highest BCUT2D eigenvalue weighted by atomic mass is 32.2. The molecule has 1 aromatic rings. The Labute approximate surface area is 133 Å². The number of rotatable bonds is 4. The number of benzene rings is 1. The quantitative estimate of drug-likeness (QED) is 0.783. The number of terminal acetylenes is 1. The molecule has 0 radical (unpaired) electrons. The molecule has 1 heterocycles. The SMILES string of the molecule is C#CCCN1CCN(c2ccccc2S(=O)(=O)C(F)(F)F)CC1. The highest BCUT2D eigenvalue weighted by Crippen LogP contribution is 2.36. The summed E-state index contributed by atoms with van der Waals surface area (Å²) in [6.07, 6.45) is 5.82. The molecule has 1 saturated heterocycles. The van der Waals surface area contributed by atoms with Crippen LogP contribution in [0.15, 0.2) is 29.2 Å². The number of alkyl halides is 3. The summed E-state index contributed by atoms with van der Waals surface area (Å²) >= 11 is 0. The van der Waals surface area contributed by atoms with Crippen molar-refractivity contribution in [2.75, 3.05) is 37.6 Å². The Morgan fingerprint density at radius 3 is 2.30 bits per heavy atom. The van der Waals surface area contributed by atoms with Crippen LogP contribution in [-0.4, -0.2) is 51.5 Å². The van der Waals surface area contributed by atoms with Gasteiger partial charge in [0.2, 0.25) is 0 Å². The minimum absolute atomic E-state index is 0.0985. The Bertz CT molecular complexity index is 687. The Morgan fingerprint density at radius 2 is 1.74 bits per heavy atom.